The van der Waals surface area contributed by atoms with Gasteiger partial charge in [0.25, 0.3) is 0 Å². The number of hydrogen-bond acceptors (Lipinski definition) is 2. The standard InChI is InChI=1S/C31H62O2/c1-4-5-6-7-8-9-10-11-12-13-14-15-19-22-25-28-31(32)33-29-26-23-20-17-16-18-21-24-27-30(2)3/h30H,4-29H2,1-3H3. The minimum absolute atomic E-state index is 0.0230. The third-order valence-corrected chi connectivity index (χ3v) is 6.92. The number of ether oxygens (including phenoxy) is 1. The fourth-order valence-electron chi connectivity index (χ4n) is 4.61. The molecule has 0 aliphatic carbocycles. The van der Waals surface area contributed by atoms with E-state index < -0.39 is 0 Å². The lowest BCUT2D eigenvalue weighted by Gasteiger charge is -2.06. The average molecular weight is 467 g/mol. The number of esters is 1. The molecule has 0 aliphatic rings. The van der Waals surface area contributed by atoms with Gasteiger partial charge in [0.05, 0.1) is 6.61 Å². The second kappa shape index (κ2) is 27.7. The number of carbonyl (C=O) groups excluding carboxylic acids is 1. The summed E-state index contributed by atoms with van der Waals surface area (Å²) in [7, 11) is 0. The first kappa shape index (κ1) is 32.5. The van der Waals surface area contributed by atoms with E-state index in [1.165, 1.54) is 141 Å². The highest BCUT2D eigenvalue weighted by molar-refractivity contribution is 5.69. The van der Waals surface area contributed by atoms with Crippen molar-refractivity contribution in [1.82, 2.24) is 0 Å². The van der Waals surface area contributed by atoms with Crippen molar-refractivity contribution in [3.63, 3.8) is 0 Å². The zero-order valence-electron chi connectivity index (χ0n) is 23.3. The van der Waals surface area contributed by atoms with Crippen molar-refractivity contribution in [2.45, 2.75) is 181 Å². The van der Waals surface area contributed by atoms with Gasteiger partial charge in [0.15, 0.2) is 0 Å². The number of unbranched alkanes of at least 4 members (excludes halogenated alkanes) is 21. The first-order valence-electron chi connectivity index (χ1n) is 15.3. The predicted octanol–water partition coefficient (Wildman–Crippen LogP) is 11.0. The van der Waals surface area contributed by atoms with Crippen LogP contribution in [0.15, 0.2) is 0 Å². The lowest BCUT2D eigenvalue weighted by Crippen LogP contribution is -2.05. The van der Waals surface area contributed by atoms with Gasteiger partial charge in [0, 0.05) is 6.42 Å². The second-order valence-electron chi connectivity index (χ2n) is 10.9. The van der Waals surface area contributed by atoms with Crippen LogP contribution in [0.25, 0.3) is 0 Å². The van der Waals surface area contributed by atoms with Gasteiger partial charge in [-0.1, -0.05) is 162 Å². The summed E-state index contributed by atoms with van der Waals surface area (Å²) in [5.41, 5.74) is 0. The van der Waals surface area contributed by atoms with Crippen molar-refractivity contribution in [1.29, 1.82) is 0 Å². The summed E-state index contributed by atoms with van der Waals surface area (Å²) in [5.74, 6) is 0.877. The number of rotatable bonds is 27. The summed E-state index contributed by atoms with van der Waals surface area (Å²) in [6, 6.07) is 0. The monoisotopic (exact) mass is 466 g/mol. The van der Waals surface area contributed by atoms with Crippen molar-refractivity contribution in [3.8, 4) is 0 Å². The Morgan fingerprint density at radius 1 is 0.515 bits per heavy atom. The summed E-state index contributed by atoms with van der Waals surface area (Å²) < 4.78 is 5.40. The van der Waals surface area contributed by atoms with E-state index in [1.54, 1.807) is 0 Å². The molecule has 0 aromatic heterocycles. The van der Waals surface area contributed by atoms with E-state index >= 15 is 0 Å². The van der Waals surface area contributed by atoms with Gasteiger partial charge in [-0.25, -0.2) is 0 Å². The van der Waals surface area contributed by atoms with Gasteiger partial charge < -0.3 is 4.74 Å². The number of carbonyl (C=O) groups is 1. The highest BCUT2D eigenvalue weighted by Gasteiger charge is 2.03. The molecule has 198 valence electrons. The number of hydrogen-bond donors (Lipinski definition) is 0. The Bertz CT molecular complexity index is 377. The van der Waals surface area contributed by atoms with Crippen LogP contribution in [-0.4, -0.2) is 12.6 Å². The van der Waals surface area contributed by atoms with Gasteiger partial charge in [-0.15, -0.1) is 0 Å². The Morgan fingerprint density at radius 2 is 0.879 bits per heavy atom. The molecule has 0 aromatic carbocycles. The summed E-state index contributed by atoms with van der Waals surface area (Å²) in [6.07, 6.45) is 32.8. The SMILES string of the molecule is CCCCCCCCCCCCCCCCCC(=O)OCCCCCCCCCCC(C)C. The second-order valence-corrected chi connectivity index (χ2v) is 10.9. The van der Waals surface area contributed by atoms with Crippen LogP contribution in [0.4, 0.5) is 0 Å². The maximum absolute atomic E-state index is 11.8. The average Bonchev–Trinajstić information content (AvgIpc) is 2.79. The van der Waals surface area contributed by atoms with Crippen LogP contribution < -0.4 is 0 Å². The highest BCUT2D eigenvalue weighted by Crippen LogP contribution is 2.15. The third-order valence-electron chi connectivity index (χ3n) is 6.92. The molecule has 0 atom stereocenters. The van der Waals surface area contributed by atoms with Gasteiger partial charge in [-0.2, -0.15) is 0 Å². The van der Waals surface area contributed by atoms with Gasteiger partial charge in [0.1, 0.15) is 0 Å². The minimum atomic E-state index is 0.0230. The topological polar surface area (TPSA) is 26.3 Å². The van der Waals surface area contributed by atoms with Gasteiger partial charge in [-0.05, 0) is 18.8 Å². The zero-order valence-corrected chi connectivity index (χ0v) is 23.3. The molecule has 0 saturated heterocycles. The van der Waals surface area contributed by atoms with Crippen molar-refractivity contribution in [2.75, 3.05) is 6.61 Å². The molecule has 2 heteroatoms. The van der Waals surface area contributed by atoms with E-state index in [0.29, 0.717) is 13.0 Å². The summed E-state index contributed by atoms with van der Waals surface area (Å²) in [6.45, 7) is 7.54. The fourth-order valence-corrected chi connectivity index (χ4v) is 4.61. The molecule has 0 saturated carbocycles. The van der Waals surface area contributed by atoms with E-state index in [-0.39, 0.29) is 5.97 Å². The third kappa shape index (κ3) is 29.4. The first-order chi connectivity index (χ1) is 16.2. The molecule has 0 N–H and O–H groups in total. The van der Waals surface area contributed by atoms with E-state index in [1.807, 2.05) is 0 Å². The molecule has 0 aromatic rings. The molecule has 0 fully saturated rings. The van der Waals surface area contributed by atoms with Crippen LogP contribution in [0.1, 0.15) is 181 Å². The van der Waals surface area contributed by atoms with E-state index in [2.05, 4.69) is 20.8 Å². The van der Waals surface area contributed by atoms with E-state index in [0.717, 1.165) is 18.8 Å². The predicted molar refractivity (Wildman–Crippen MR) is 147 cm³/mol. The first-order valence-corrected chi connectivity index (χ1v) is 15.3. The molecular formula is C31H62O2. The molecule has 0 radical (unpaired) electrons. The highest BCUT2D eigenvalue weighted by atomic mass is 16.5. The maximum Gasteiger partial charge on any atom is 0.305 e. The summed E-state index contributed by atoms with van der Waals surface area (Å²) in [4.78, 5) is 11.8. The molecule has 0 bridgehead atoms. The van der Waals surface area contributed by atoms with Crippen molar-refractivity contribution < 1.29 is 9.53 Å². The molecule has 33 heavy (non-hydrogen) atoms. The van der Waals surface area contributed by atoms with Crippen LogP contribution in [0.2, 0.25) is 0 Å². The smallest absolute Gasteiger partial charge is 0.305 e. The Labute approximate surface area is 209 Å². The Kier molecular flexibility index (Phi) is 27.3. The normalized spacial score (nSPS) is 11.4. The van der Waals surface area contributed by atoms with E-state index in [4.69, 9.17) is 4.74 Å². The Hall–Kier alpha value is -0.530. The van der Waals surface area contributed by atoms with Gasteiger partial charge in [-0.3, -0.25) is 4.79 Å². The summed E-state index contributed by atoms with van der Waals surface area (Å²) >= 11 is 0. The molecule has 0 rings (SSSR count). The lowest BCUT2D eigenvalue weighted by atomic mass is 10.0. The Balaban J connectivity index is 3.15. The minimum Gasteiger partial charge on any atom is -0.466 e. The van der Waals surface area contributed by atoms with Crippen LogP contribution >= 0.6 is 0 Å². The molecule has 0 heterocycles. The molecule has 2 nitrogen and oxygen atoms in total. The van der Waals surface area contributed by atoms with Crippen LogP contribution in [0, 0.1) is 5.92 Å². The van der Waals surface area contributed by atoms with Crippen LogP contribution in [0.5, 0.6) is 0 Å². The van der Waals surface area contributed by atoms with Crippen molar-refractivity contribution in [3.05, 3.63) is 0 Å². The van der Waals surface area contributed by atoms with Crippen molar-refractivity contribution in [2.24, 2.45) is 5.92 Å². The van der Waals surface area contributed by atoms with Gasteiger partial charge >= 0.3 is 5.97 Å². The summed E-state index contributed by atoms with van der Waals surface area (Å²) in [5, 5.41) is 0. The molecule has 0 unspecified atom stereocenters. The molecule has 0 amide bonds. The lowest BCUT2D eigenvalue weighted by molar-refractivity contribution is -0.143. The zero-order chi connectivity index (χ0) is 24.2. The Morgan fingerprint density at radius 3 is 1.30 bits per heavy atom. The molecule has 0 aliphatic heterocycles. The molecular weight excluding hydrogens is 404 g/mol. The van der Waals surface area contributed by atoms with Crippen molar-refractivity contribution >= 4 is 5.97 Å². The van der Waals surface area contributed by atoms with Crippen LogP contribution in [-0.2, 0) is 9.53 Å². The van der Waals surface area contributed by atoms with Crippen LogP contribution in [0.3, 0.4) is 0 Å². The van der Waals surface area contributed by atoms with E-state index in [9.17, 15) is 4.79 Å². The fraction of sp³-hybridized carbons (Fsp3) is 0.968. The maximum atomic E-state index is 11.8. The quantitative estimate of drug-likeness (QED) is 0.0888. The largest absolute Gasteiger partial charge is 0.466 e. The van der Waals surface area contributed by atoms with Gasteiger partial charge in [0.2, 0.25) is 0 Å². The molecule has 0 spiro atoms.